The second kappa shape index (κ2) is 18.4. The number of likely N-dealkylation sites (tertiary alicyclic amines) is 2. The number of nitrogens with one attached hydrogen (secondary N) is 2. The van der Waals surface area contributed by atoms with Gasteiger partial charge in [-0.15, -0.1) is 0 Å². The van der Waals surface area contributed by atoms with Crippen molar-refractivity contribution >= 4 is 47.7 Å². The van der Waals surface area contributed by atoms with Gasteiger partial charge in [-0.05, 0) is 24.6 Å². The van der Waals surface area contributed by atoms with Crippen LogP contribution in [-0.4, -0.2) is 127 Å². The molecule has 14 nitrogen and oxygen atoms in total. The molecule has 16 heteroatoms. The van der Waals surface area contributed by atoms with Crippen molar-refractivity contribution in [2.24, 2.45) is 17.3 Å². The zero-order valence-electron chi connectivity index (χ0n) is 41.5. The number of pyridine rings is 1. The van der Waals surface area contributed by atoms with E-state index in [9.17, 15) is 14.4 Å². The summed E-state index contributed by atoms with van der Waals surface area (Å²) in [5.74, 6) is -1.31. The van der Waals surface area contributed by atoms with E-state index >= 15 is 9.59 Å². The van der Waals surface area contributed by atoms with Gasteiger partial charge in [0.2, 0.25) is 0 Å². The molecule has 4 saturated heterocycles. The van der Waals surface area contributed by atoms with E-state index in [2.05, 4.69) is 92.2 Å². The van der Waals surface area contributed by atoms with E-state index in [0.29, 0.717) is 51.9 Å². The molecule has 0 radical (unpaired) electrons. The predicted octanol–water partition coefficient (Wildman–Crippen LogP) is 3.72. The number of ether oxygens (including phenoxy) is 2. The summed E-state index contributed by atoms with van der Waals surface area (Å²) in [5.41, 5.74) is 9.13. The summed E-state index contributed by atoms with van der Waals surface area (Å²) in [6.45, 7) is 16.3. The molecule has 374 valence electrons. The van der Waals surface area contributed by atoms with Crippen molar-refractivity contribution in [1.82, 2.24) is 35.1 Å². The van der Waals surface area contributed by atoms with E-state index in [1.165, 1.54) is 11.1 Å². The van der Waals surface area contributed by atoms with E-state index in [0.717, 1.165) is 66.8 Å². The standard InChI is InChI=1S/C54H67IN7O7S/c1-9-42(63)59-25-21-37(31-59)48(64)61-26-20-33(3)54(61,70(8)27-22-55-70)50(66)57-53(6)30-34-14-11-15-35(28-34)36-18-19-41-39(29-36)43-44(47(68-7)45-38(16-12-23-56-45)46(43)60(41)10-2)52(4,5)32-69-49(65)40-17-13-24-62(58-40)51(53)67/h9,11-12,14-16,18-19,23,28-29,33,37,40,44,47,58H,1,10,13,17,20-22,24-27,30-32H2,2-8H3,(H,57,66)/q-1/t33-,37-,40-,44?,47-,53?,54-/m0/s1. The van der Waals surface area contributed by atoms with Gasteiger partial charge in [-0.3, -0.25) is 4.98 Å². The van der Waals surface area contributed by atoms with Crippen molar-refractivity contribution in [2.45, 2.75) is 102 Å². The molecule has 3 unspecified atom stereocenters. The van der Waals surface area contributed by atoms with Gasteiger partial charge in [0.25, 0.3) is 0 Å². The first-order valence-corrected chi connectivity index (χ1v) is 31.2. The molecule has 4 amide bonds. The summed E-state index contributed by atoms with van der Waals surface area (Å²) in [6.07, 6.45) is 7.28. The molecular weight excluding hydrogens is 1020 g/mol. The number of nitrogens with zero attached hydrogens (tertiary/aromatic N) is 5. The zero-order chi connectivity index (χ0) is 49.5. The maximum atomic E-state index is 15.9. The van der Waals surface area contributed by atoms with Crippen LogP contribution >= 0.6 is 7.20 Å². The number of amides is 4. The molecule has 2 aromatic heterocycles. The fraction of sp³-hybridized carbons (Fsp3) is 0.519. The minimum atomic E-state index is -1.61. The molecule has 8 atom stereocenters. The number of fused-ring (bicyclic) bond motifs is 8. The van der Waals surface area contributed by atoms with Crippen LogP contribution in [0.25, 0.3) is 33.3 Å². The van der Waals surface area contributed by atoms with E-state index in [1.807, 2.05) is 29.3 Å². The van der Waals surface area contributed by atoms with Gasteiger partial charge in [0.1, 0.15) is 6.10 Å². The molecule has 5 aliphatic heterocycles. The monoisotopic (exact) mass is 1080 g/mol. The molecule has 70 heavy (non-hydrogen) atoms. The third-order valence-electron chi connectivity index (χ3n) is 16.4. The SMILES string of the molecule is C=CC(=O)N1CC[C@H](C(=O)N2CC[C@H](C)[C@@]2(C(=O)NC2(C)Cc3cccc(c3)-c3ccc4c(c3)c3c(n4CC)-c4cccnc4[C@@H](OC)C3C(C)(C)COC(=O)[C@@H]3CCCN(N3)C2=O)S2(C)CC[I-]2)C1. The van der Waals surface area contributed by atoms with E-state index < -0.39 is 66.9 Å². The van der Waals surface area contributed by atoms with Crippen molar-refractivity contribution in [1.29, 1.82) is 0 Å². The summed E-state index contributed by atoms with van der Waals surface area (Å²) >= 11 is -0.396. The first-order chi connectivity index (χ1) is 33.5. The Morgan fingerprint density at radius 2 is 1.83 bits per heavy atom. The quantitative estimate of drug-likeness (QED) is 0.122. The van der Waals surface area contributed by atoms with Crippen LogP contribution in [0.3, 0.4) is 0 Å². The van der Waals surface area contributed by atoms with E-state index in [4.69, 9.17) is 14.5 Å². The van der Waals surface area contributed by atoms with E-state index in [-0.39, 0.29) is 48.5 Å². The summed E-state index contributed by atoms with van der Waals surface area (Å²) in [6, 6.07) is 18.1. The van der Waals surface area contributed by atoms with Crippen LogP contribution in [0.2, 0.25) is 0 Å². The van der Waals surface area contributed by atoms with Gasteiger partial charge in [-0.25, -0.2) is 0 Å². The Bertz CT molecular complexity index is 2810. The number of benzene rings is 2. The molecule has 6 bridgehead atoms. The number of rotatable bonds is 7. The molecule has 6 aliphatic rings. The molecule has 4 fully saturated rings. The number of alkyl halides is 1. The zero-order valence-corrected chi connectivity index (χ0v) is 44.5. The van der Waals surface area contributed by atoms with Crippen molar-refractivity contribution in [3.8, 4) is 22.4 Å². The van der Waals surface area contributed by atoms with Crippen molar-refractivity contribution in [3.63, 3.8) is 0 Å². The average molecular weight is 1090 g/mol. The molecule has 4 aromatic rings. The summed E-state index contributed by atoms with van der Waals surface area (Å²) < 4.78 is 16.2. The van der Waals surface area contributed by atoms with Crippen LogP contribution in [0.5, 0.6) is 0 Å². The van der Waals surface area contributed by atoms with Gasteiger partial charge < -0.3 is 9.30 Å². The molecule has 2 N–H and O–H groups in total. The number of aromatic nitrogens is 2. The minimum absolute atomic E-state index is 0.0844. The Hall–Kier alpha value is -4.78. The number of cyclic esters (lactones) is 1. The van der Waals surface area contributed by atoms with Crippen LogP contribution in [-0.2, 0) is 46.4 Å². The van der Waals surface area contributed by atoms with Gasteiger partial charge in [0, 0.05) is 42.3 Å². The van der Waals surface area contributed by atoms with Gasteiger partial charge in [-0.1, -0.05) is 13.8 Å². The molecule has 7 heterocycles. The van der Waals surface area contributed by atoms with Crippen LogP contribution in [0.15, 0.2) is 73.4 Å². The summed E-state index contributed by atoms with van der Waals surface area (Å²) in [4.78, 5) is 80.8. The number of carbonyl (C=O) groups is 5. The number of carbonyl (C=O) groups excluding carboxylic acids is 5. The first-order valence-electron chi connectivity index (χ1n) is 24.9. The van der Waals surface area contributed by atoms with Crippen molar-refractivity contribution in [3.05, 3.63) is 90.3 Å². The van der Waals surface area contributed by atoms with Crippen molar-refractivity contribution < 1.29 is 53.3 Å². The van der Waals surface area contributed by atoms with Gasteiger partial charge in [0.05, 0.1) is 11.4 Å². The third-order valence-corrected chi connectivity index (χ3v) is 30.1. The van der Waals surface area contributed by atoms with Crippen LogP contribution < -0.4 is 30.6 Å². The molecule has 1 aliphatic carbocycles. The van der Waals surface area contributed by atoms with E-state index in [1.54, 1.807) is 18.9 Å². The van der Waals surface area contributed by atoms with Gasteiger partial charge in [0.15, 0.2) is 0 Å². The Labute approximate surface area is 421 Å². The number of hydrogen-bond donors (Lipinski definition) is 2. The van der Waals surface area contributed by atoms with Crippen LogP contribution in [0.1, 0.15) is 89.1 Å². The normalized spacial score (nSPS) is 31.6. The maximum absolute atomic E-state index is 15.9. The first kappa shape index (κ1) is 48.8. The Balaban J connectivity index is 1.09. The Morgan fingerprint density at radius 3 is 2.56 bits per heavy atom. The molecule has 2 aromatic carbocycles. The molecule has 0 spiro atoms. The molecular formula is C54H67IN7O7S-. The van der Waals surface area contributed by atoms with Crippen LogP contribution in [0.4, 0.5) is 0 Å². The Morgan fingerprint density at radius 1 is 1.04 bits per heavy atom. The van der Waals surface area contributed by atoms with Gasteiger partial charge in [-0.2, -0.15) is 0 Å². The second-order valence-corrected chi connectivity index (χ2v) is 33.2. The van der Waals surface area contributed by atoms with Crippen molar-refractivity contribution in [2.75, 3.05) is 56.3 Å². The van der Waals surface area contributed by atoms with Gasteiger partial charge >= 0.3 is 312 Å². The fourth-order valence-corrected chi connectivity index (χ4v) is 25.3. The number of hydrazine groups is 1. The summed E-state index contributed by atoms with van der Waals surface area (Å²) in [7, 11) is 0.115. The number of methoxy groups -OCH3 is 1. The number of aryl methyl sites for hydroxylation is 1. The Kier molecular flexibility index (Phi) is 12.8. The van der Waals surface area contributed by atoms with Crippen LogP contribution in [0, 0.1) is 17.3 Å². The molecule has 0 saturated carbocycles. The number of hydrogen-bond acceptors (Lipinski definition) is 9. The third kappa shape index (κ3) is 7.71. The topological polar surface area (TPSA) is 155 Å². The fourth-order valence-electron chi connectivity index (χ4n) is 12.8. The second-order valence-electron chi connectivity index (χ2n) is 21.2. The summed E-state index contributed by atoms with van der Waals surface area (Å²) in [5, 5.41) is 6.03. The average Bonchev–Trinajstić information content (AvgIpc) is 4.08. The predicted molar refractivity (Wildman–Crippen MR) is 268 cm³/mol. The molecule has 10 rings (SSSR count). The number of esters is 1. The number of halogens is 1.